The van der Waals surface area contributed by atoms with Crippen LogP contribution in [0, 0.1) is 17.8 Å². The summed E-state index contributed by atoms with van der Waals surface area (Å²) >= 11 is 6.84. The molecule has 2 aliphatic heterocycles. The maximum absolute atomic E-state index is 10.4. The number of ether oxygens (including phenoxy) is 3. The highest BCUT2D eigenvalue weighted by atomic mass is 35.5. The molecule has 1 spiro atoms. The summed E-state index contributed by atoms with van der Waals surface area (Å²) in [6.07, 6.45) is -1.64. The molecule has 9 nitrogen and oxygen atoms in total. The lowest BCUT2D eigenvalue weighted by Gasteiger charge is -2.61. The minimum atomic E-state index is -1.57. The lowest BCUT2D eigenvalue weighted by molar-refractivity contribution is -0.634. The molecule has 3 aliphatic carbocycles. The zero-order chi connectivity index (χ0) is 25.1. The van der Waals surface area contributed by atoms with Crippen LogP contribution in [0.5, 0.6) is 5.75 Å². The van der Waals surface area contributed by atoms with Crippen LogP contribution in [0.1, 0.15) is 38.7 Å². The van der Waals surface area contributed by atoms with Gasteiger partial charge in [0.25, 0.3) is 5.79 Å². The van der Waals surface area contributed by atoms with Crippen LogP contribution in [-0.4, -0.2) is 70.4 Å². The fourth-order valence-electron chi connectivity index (χ4n) is 6.29. The molecule has 2 saturated heterocycles. The molecule has 2 bridgehead atoms. The van der Waals surface area contributed by atoms with Gasteiger partial charge >= 0.3 is 0 Å². The molecule has 0 amide bonds. The first-order valence-electron chi connectivity index (χ1n) is 12.1. The Balaban J connectivity index is 1.49. The van der Waals surface area contributed by atoms with Crippen LogP contribution < -0.4 is 4.74 Å². The molecule has 3 fully saturated rings. The summed E-state index contributed by atoms with van der Waals surface area (Å²) in [5, 5.41) is 40.2. The van der Waals surface area contributed by atoms with E-state index in [1.807, 2.05) is 0 Å². The largest absolute Gasteiger partial charge is 0.460 e. The van der Waals surface area contributed by atoms with Crippen LogP contribution in [0.2, 0.25) is 5.02 Å². The summed E-state index contributed by atoms with van der Waals surface area (Å²) in [6.45, 7) is 3.68. The minimum absolute atomic E-state index is 0.0199. The number of methoxy groups -OCH3 is 1. The van der Waals surface area contributed by atoms with Crippen molar-refractivity contribution in [2.45, 2.75) is 75.2 Å². The van der Waals surface area contributed by atoms with Crippen LogP contribution >= 0.6 is 11.6 Å². The SMILES string of the molecule is COC1(c2cccc(O[C@@H]3OC(CO)[C@H](O)C(O)C3O)c2Cl)OOC12C(C)C=C1CC(C1)CC2C. The topological polar surface area (TPSA) is 127 Å². The number of hydrogen-bond acceptors (Lipinski definition) is 9. The molecule has 5 aliphatic rings. The fourth-order valence-corrected chi connectivity index (χ4v) is 6.58. The summed E-state index contributed by atoms with van der Waals surface area (Å²) < 4.78 is 17.4. The van der Waals surface area contributed by atoms with Crippen LogP contribution in [0.15, 0.2) is 29.8 Å². The molecule has 0 aromatic heterocycles. The monoisotopic (exact) mass is 512 g/mol. The van der Waals surface area contributed by atoms with E-state index >= 15 is 0 Å². The quantitative estimate of drug-likeness (QED) is 0.346. The normalized spacial score (nSPS) is 45.1. The van der Waals surface area contributed by atoms with E-state index in [-0.39, 0.29) is 22.6 Å². The van der Waals surface area contributed by atoms with Crippen molar-refractivity contribution >= 4 is 11.6 Å². The van der Waals surface area contributed by atoms with E-state index in [1.165, 1.54) is 5.57 Å². The second kappa shape index (κ2) is 9.24. The van der Waals surface area contributed by atoms with Gasteiger partial charge < -0.3 is 34.6 Å². The van der Waals surface area contributed by atoms with E-state index in [0.717, 1.165) is 19.3 Å². The molecular weight excluding hydrogens is 480 g/mol. The molecule has 0 radical (unpaired) electrons. The molecule has 1 aromatic rings. The van der Waals surface area contributed by atoms with Crippen molar-refractivity contribution in [3.8, 4) is 5.75 Å². The molecule has 1 saturated carbocycles. The zero-order valence-electron chi connectivity index (χ0n) is 20.0. The van der Waals surface area contributed by atoms with Crippen molar-refractivity contribution in [1.29, 1.82) is 0 Å². The van der Waals surface area contributed by atoms with Gasteiger partial charge in [0.1, 0.15) is 30.2 Å². The van der Waals surface area contributed by atoms with Gasteiger partial charge in [-0.15, -0.1) is 0 Å². The van der Waals surface area contributed by atoms with Gasteiger partial charge in [0.15, 0.2) is 5.60 Å². The molecule has 10 heteroatoms. The average Bonchev–Trinajstić information content (AvgIpc) is 2.79. The Hall–Kier alpha value is -1.27. The van der Waals surface area contributed by atoms with Gasteiger partial charge in [-0.1, -0.05) is 49.2 Å². The maximum Gasteiger partial charge on any atom is 0.262 e. The summed E-state index contributed by atoms with van der Waals surface area (Å²) in [4.78, 5) is 11.7. The maximum atomic E-state index is 10.4. The summed E-state index contributed by atoms with van der Waals surface area (Å²) in [7, 11) is 1.55. The molecule has 1 aromatic carbocycles. The minimum Gasteiger partial charge on any atom is -0.460 e. The second-order valence-corrected chi connectivity index (χ2v) is 10.6. The number of aliphatic hydroxyl groups is 4. The fraction of sp³-hybridized carbons (Fsp3) is 0.680. The highest BCUT2D eigenvalue weighted by Gasteiger charge is 2.72. The van der Waals surface area contributed by atoms with Crippen LogP contribution in [-0.2, 0) is 25.0 Å². The third-order valence-electron chi connectivity index (χ3n) is 8.19. The Labute approximate surface area is 209 Å². The van der Waals surface area contributed by atoms with Gasteiger partial charge in [-0.05, 0) is 37.2 Å². The lowest BCUT2D eigenvalue weighted by atomic mass is 9.60. The third-order valence-corrected chi connectivity index (χ3v) is 8.58. The smallest absolute Gasteiger partial charge is 0.262 e. The summed E-state index contributed by atoms with van der Waals surface area (Å²) in [6, 6.07) is 5.08. The Bertz CT molecular complexity index is 974. The Kier molecular flexibility index (Phi) is 6.70. The van der Waals surface area contributed by atoms with E-state index < -0.39 is 48.7 Å². The molecule has 9 atom stereocenters. The number of halogens is 1. The van der Waals surface area contributed by atoms with Crippen LogP contribution in [0.4, 0.5) is 0 Å². The highest BCUT2D eigenvalue weighted by Crippen LogP contribution is 2.62. The number of hydrogen-bond donors (Lipinski definition) is 4. The van der Waals surface area contributed by atoms with E-state index in [2.05, 4.69) is 19.9 Å². The molecule has 35 heavy (non-hydrogen) atoms. The summed E-state index contributed by atoms with van der Waals surface area (Å²) in [5.74, 6) is -0.467. The van der Waals surface area contributed by atoms with Gasteiger partial charge in [-0.3, -0.25) is 0 Å². The first-order chi connectivity index (χ1) is 16.7. The van der Waals surface area contributed by atoms with E-state index in [9.17, 15) is 20.4 Å². The predicted molar refractivity (Wildman–Crippen MR) is 123 cm³/mol. The Morgan fingerprint density at radius 1 is 1.09 bits per heavy atom. The second-order valence-electron chi connectivity index (χ2n) is 10.2. The molecule has 7 unspecified atom stereocenters. The number of fused-ring (bicyclic) bond motifs is 2. The van der Waals surface area contributed by atoms with E-state index in [1.54, 1.807) is 25.3 Å². The van der Waals surface area contributed by atoms with E-state index in [0.29, 0.717) is 11.5 Å². The molecular formula is C25H33ClO9. The molecule has 6 rings (SSSR count). The van der Waals surface area contributed by atoms with Crippen molar-refractivity contribution in [2.24, 2.45) is 17.8 Å². The summed E-state index contributed by atoms with van der Waals surface area (Å²) in [5.41, 5.74) is 1.10. The molecule has 4 N–H and O–H groups in total. The number of rotatable bonds is 5. The predicted octanol–water partition coefficient (Wildman–Crippen LogP) is 2.03. The van der Waals surface area contributed by atoms with Gasteiger partial charge in [-0.25, -0.2) is 4.89 Å². The van der Waals surface area contributed by atoms with Gasteiger partial charge in [-0.2, -0.15) is 4.89 Å². The van der Waals surface area contributed by atoms with Gasteiger partial charge in [0.05, 0.1) is 11.6 Å². The lowest BCUT2D eigenvalue weighted by Crippen LogP contribution is -2.72. The Morgan fingerprint density at radius 2 is 1.83 bits per heavy atom. The number of benzene rings is 1. The first kappa shape index (κ1) is 25.4. The van der Waals surface area contributed by atoms with Crippen LogP contribution in [0.25, 0.3) is 0 Å². The standard InChI is InChI=1S/C25H33ClO9/c1-12-7-14-9-15(10-14)8-13(2)24(12)25(31-3,35-34-24)16-5-4-6-17(19(16)26)32-23-22(30)21(29)20(28)18(11-27)33-23/h4-7,12-13,15,18,20-23,27-30H,8-11H2,1-3H3/t12?,13?,15?,18?,20-,21?,22?,23+,24?,25?/m0/s1. The van der Waals surface area contributed by atoms with Crippen molar-refractivity contribution in [1.82, 2.24) is 0 Å². The average molecular weight is 513 g/mol. The molecule has 194 valence electrons. The van der Waals surface area contributed by atoms with Crippen LogP contribution in [0.3, 0.4) is 0 Å². The Morgan fingerprint density at radius 3 is 2.46 bits per heavy atom. The van der Waals surface area contributed by atoms with Gasteiger partial charge in [0, 0.05) is 18.6 Å². The molecule has 2 heterocycles. The third kappa shape index (κ3) is 3.67. The first-order valence-corrected chi connectivity index (χ1v) is 12.4. The van der Waals surface area contributed by atoms with Crippen molar-refractivity contribution in [2.75, 3.05) is 13.7 Å². The number of aliphatic hydroxyl groups excluding tert-OH is 4. The van der Waals surface area contributed by atoms with Gasteiger partial charge in [0.2, 0.25) is 6.29 Å². The van der Waals surface area contributed by atoms with Crippen molar-refractivity contribution in [3.63, 3.8) is 0 Å². The zero-order valence-corrected chi connectivity index (χ0v) is 20.7. The highest BCUT2D eigenvalue weighted by molar-refractivity contribution is 6.33. The number of allylic oxidation sites excluding steroid dienone is 1. The van der Waals surface area contributed by atoms with Crippen molar-refractivity contribution < 1.29 is 44.4 Å². The van der Waals surface area contributed by atoms with E-state index in [4.69, 9.17) is 35.6 Å². The van der Waals surface area contributed by atoms with Crippen molar-refractivity contribution in [3.05, 3.63) is 40.4 Å².